The molecule has 2 heterocycles. The largest absolute Gasteiger partial charge is 0.458 e. The van der Waals surface area contributed by atoms with Crippen LogP contribution in [0.15, 0.2) is 21.5 Å². The van der Waals surface area contributed by atoms with E-state index in [2.05, 4.69) is 15.5 Å². The third-order valence-electron chi connectivity index (χ3n) is 6.03. The predicted molar refractivity (Wildman–Crippen MR) is 104 cm³/mol. The molecule has 0 saturated carbocycles. The van der Waals surface area contributed by atoms with Crippen molar-refractivity contribution in [1.82, 2.24) is 9.78 Å². The summed E-state index contributed by atoms with van der Waals surface area (Å²) in [5, 5.41) is 10.3. The first-order valence-electron chi connectivity index (χ1n) is 9.58. The molecule has 1 aromatic heterocycles. The molecule has 3 aliphatic rings. The molecule has 4 N–H and O–H groups in total. The Kier molecular flexibility index (Phi) is 3.85. The van der Waals surface area contributed by atoms with Crippen molar-refractivity contribution >= 4 is 21.5 Å². The molecule has 0 bridgehead atoms. The Bertz CT molecular complexity index is 1180. The second-order valence-electron chi connectivity index (χ2n) is 8.19. The molecule has 29 heavy (non-hydrogen) atoms. The van der Waals surface area contributed by atoms with Crippen LogP contribution in [0, 0.1) is 0 Å². The summed E-state index contributed by atoms with van der Waals surface area (Å²) in [5.41, 5.74) is 8.54. The molecule has 1 aromatic carbocycles. The Morgan fingerprint density at radius 2 is 2.17 bits per heavy atom. The van der Waals surface area contributed by atoms with Crippen LogP contribution in [-0.4, -0.2) is 31.7 Å². The van der Waals surface area contributed by atoms with Crippen LogP contribution in [-0.2, 0) is 46.9 Å². The highest BCUT2D eigenvalue weighted by molar-refractivity contribution is 7.91. The van der Waals surface area contributed by atoms with Gasteiger partial charge in [-0.1, -0.05) is 6.07 Å². The highest BCUT2D eigenvalue weighted by atomic mass is 32.2. The van der Waals surface area contributed by atoms with Crippen LogP contribution in [0.5, 0.6) is 5.88 Å². The van der Waals surface area contributed by atoms with Gasteiger partial charge in [0.15, 0.2) is 0 Å². The van der Waals surface area contributed by atoms with E-state index in [1.165, 1.54) is 10.9 Å². The quantitative estimate of drug-likeness (QED) is 0.781. The van der Waals surface area contributed by atoms with E-state index < -0.39 is 27.6 Å². The van der Waals surface area contributed by atoms with Gasteiger partial charge in [0.1, 0.15) is 21.0 Å². The smallest absolute Gasteiger partial charge is 0.263 e. The first kappa shape index (κ1) is 18.6. The number of carbonyl (C=O) groups is 1. The van der Waals surface area contributed by atoms with Crippen LogP contribution in [0.3, 0.4) is 0 Å². The van der Waals surface area contributed by atoms with E-state index in [1.807, 2.05) is 0 Å². The summed E-state index contributed by atoms with van der Waals surface area (Å²) in [4.78, 5) is 11.8. The minimum atomic E-state index is -3.44. The number of carbonyl (C=O) groups excluding carboxylic acids is 1. The van der Waals surface area contributed by atoms with Gasteiger partial charge in [0.25, 0.3) is 5.91 Å². The average Bonchev–Trinajstić information content (AvgIpc) is 3.36. The van der Waals surface area contributed by atoms with Gasteiger partial charge in [-0.15, -0.1) is 0 Å². The number of benzene rings is 1. The third kappa shape index (κ3) is 2.77. The van der Waals surface area contributed by atoms with E-state index in [0.29, 0.717) is 12.1 Å². The van der Waals surface area contributed by atoms with Crippen LogP contribution in [0.2, 0.25) is 0 Å². The van der Waals surface area contributed by atoms with E-state index in [0.717, 1.165) is 41.5 Å². The van der Waals surface area contributed by atoms with E-state index >= 15 is 0 Å². The number of hydrogen-bond donors (Lipinski definition) is 2. The van der Waals surface area contributed by atoms with Crippen LogP contribution in [0.25, 0.3) is 0 Å². The Hall–Kier alpha value is -2.46. The van der Waals surface area contributed by atoms with Crippen LogP contribution in [0.1, 0.15) is 35.6 Å². The molecule has 1 amide bonds. The molecule has 8 nitrogen and oxygen atoms in total. The molecule has 2 aromatic rings. The van der Waals surface area contributed by atoms with E-state index in [1.54, 1.807) is 6.92 Å². The maximum absolute atomic E-state index is 14.1. The lowest BCUT2D eigenvalue weighted by Gasteiger charge is -2.18. The number of hydrogen-bond acceptors (Lipinski definition) is 5. The number of halogens is 1. The molecule has 2 aliphatic carbocycles. The molecule has 2 unspecified atom stereocenters. The zero-order valence-electron chi connectivity index (χ0n) is 16.0. The van der Waals surface area contributed by atoms with Gasteiger partial charge in [-0.3, -0.25) is 4.79 Å². The zero-order valence-corrected chi connectivity index (χ0v) is 16.8. The Labute approximate surface area is 167 Å². The first-order chi connectivity index (χ1) is 13.7. The van der Waals surface area contributed by atoms with Gasteiger partial charge in [0.05, 0.1) is 18.4 Å². The molecular formula is C19H22FN5O3S. The third-order valence-corrected chi connectivity index (χ3v) is 7.40. The van der Waals surface area contributed by atoms with Crippen molar-refractivity contribution in [3.05, 3.63) is 34.5 Å². The monoisotopic (exact) mass is 419 g/mol. The molecular weight excluding hydrogens is 397 g/mol. The van der Waals surface area contributed by atoms with Crippen molar-refractivity contribution < 1.29 is 18.1 Å². The number of aryl methyl sites for hydroxylation is 1. The summed E-state index contributed by atoms with van der Waals surface area (Å²) >= 11 is 0. The second-order valence-corrected chi connectivity index (χ2v) is 9.95. The SMILES string of the molecule is CC1(C(N)=O)Cn2ncc(S(N)(=O)=Nc3c4c(cc5c3C[C@@H](F)C5)CCC4)c2O1. The highest BCUT2D eigenvalue weighted by Gasteiger charge is 2.44. The fourth-order valence-corrected chi connectivity index (χ4v) is 5.68. The molecule has 0 fully saturated rings. The molecule has 0 spiro atoms. The normalized spacial score (nSPS) is 26.4. The number of alkyl halides is 1. The van der Waals surface area contributed by atoms with Crippen LogP contribution < -0.4 is 15.6 Å². The van der Waals surface area contributed by atoms with Crippen molar-refractivity contribution in [3.8, 4) is 5.88 Å². The fourth-order valence-electron chi connectivity index (χ4n) is 4.50. The zero-order chi connectivity index (χ0) is 20.6. The summed E-state index contributed by atoms with van der Waals surface area (Å²) in [7, 11) is -3.44. The summed E-state index contributed by atoms with van der Waals surface area (Å²) in [5.74, 6) is -0.516. The topological polar surface area (TPSA) is 126 Å². The minimum Gasteiger partial charge on any atom is -0.458 e. The van der Waals surface area contributed by atoms with Gasteiger partial charge in [-0.25, -0.2) is 18.4 Å². The second kappa shape index (κ2) is 6.02. The van der Waals surface area contributed by atoms with E-state index in [9.17, 15) is 13.4 Å². The minimum absolute atomic E-state index is 0.104. The lowest BCUT2D eigenvalue weighted by Crippen LogP contribution is -2.45. The van der Waals surface area contributed by atoms with Gasteiger partial charge in [-0.05, 0) is 48.4 Å². The predicted octanol–water partition coefficient (Wildman–Crippen LogP) is 1.48. The highest BCUT2D eigenvalue weighted by Crippen LogP contribution is 2.43. The summed E-state index contributed by atoms with van der Waals surface area (Å²) in [6.45, 7) is 1.65. The number of fused-ring (bicyclic) bond motifs is 3. The fraction of sp³-hybridized carbons (Fsp3) is 0.474. The standard InChI is InChI=1S/C19H22FN5O3S/c1-19(18(21)26)9-25-17(28-19)15(8-23-25)29(22,27)24-16-13-4-2-3-10(13)5-11-6-12(20)7-14(11)16/h5,8,12H,2-4,6-7,9H2,1H3,(H2,21,26)(H2,22,24,27)/t12-,19?,29?/m0/s1. The molecule has 3 atom stereocenters. The number of ether oxygens (including phenoxy) is 1. The van der Waals surface area contributed by atoms with Crippen molar-refractivity contribution in [1.29, 1.82) is 0 Å². The Balaban J connectivity index is 1.64. The summed E-state index contributed by atoms with van der Waals surface area (Å²) in [6.07, 6.45) is 3.67. The van der Waals surface area contributed by atoms with Gasteiger partial charge in [0.2, 0.25) is 11.5 Å². The number of nitrogens with two attached hydrogens (primary N) is 2. The van der Waals surface area contributed by atoms with Crippen molar-refractivity contribution in [2.45, 2.75) is 62.2 Å². The molecule has 1 aliphatic heterocycles. The molecule has 0 radical (unpaired) electrons. The average molecular weight is 419 g/mol. The van der Waals surface area contributed by atoms with Gasteiger partial charge in [-0.2, -0.15) is 9.46 Å². The maximum Gasteiger partial charge on any atom is 0.263 e. The summed E-state index contributed by atoms with van der Waals surface area (Å²) < 4.78 is 39.2. The maximum atomic E-state index is 14.1. The van der Waals surface area contributed by atoms with Crippen molar-refractivity contribution in [2.24, 2.45) is 15.2 Å². The number of aromatic nitrogens is 2. The number of nitrogens with zero attached hydrogens (tertiary/aromatic N) is 3. The first-order valence-corrected chi connectivity index (χ1v) is 11.2. The van der Waals surface area contributed by atoms with E-state index in [4.69, 9.17) is 15.6 Å². The molecule has 154 valence electrons. The van der Waals surface area contributed by atoms with Gasteiger partial charge in [0, 0.05) is 12.8 Å². The molecule has 10 heteroatoms. The Morgan fingerprint density at radius 1 is 1.38 bits per heavy atom. The lowest BCUT2D eigenvalue weighted by molar-refractivity contribution is -0.131. The Morgan fingerprint density at radius 3 is 2.93 bits per heavy atom. The van der Waals surface area contributed by atoms with E-state index in [-0.39, 0.29) is 23.7 Å². The number of primary amides is 1. The van der Waals surface area contributed by atoms with Crippen molar-refractivity contribution in [2.75, 3.05) is 0 Å². The van der Waals surface area contributed by atoms with Crippen molar-refractivity contribution in [3.63, 3.8) is 0 Å². The van der Waals surface area contributed by atoms with Crippen LogP contribution >= 0.6 is 0 Å². The number of amides is 1. The molecule has 0 saturated heterocycles. The summed E-state index contributed by atoms with van der Waals surface area (Å²) in [6, 6.07) is 2.06. The number of rotatable bonds is 3. The van der Waals surface area contributed by atoms with Gasteiger partial charge >= 0.3 is 0 Å². The van der Waals surface area contributed by atoms with Gasteiger partial charge < -0.3 is 10.5 Å². The lowest BCUT2D eigenvalue weighted by atomic mass is 9.99. The van der Waals surface area contributed by atoms with Crippen LogP contribution in [0.4, 0.5) is 10.1 Å². The molecule has 5 rings (SSSR count).